The molecule has 2 aliphatic heterocycles. The molecule has 0 bridgehead atoms. The lowest BCUT2D eigenvalue weighted by Crippen LogP contribution is -2.52. The number of anilines is 1. The van der Waals surface area contributed by atoms with Crippen LogP contribution in [-0.2, 0) is 15.8 Å². The molecule has 1 aliphatic carbocycles. The summed E-state index contributed by atoms with van der Waals surface area (Å²) < 4.78 is 51.8. The summed E-state index contributed by atoms with van der Waals surface area (Å²) in [4.78, 5) is 32.9. The Hall–Kier alpha value is -3.05. The number of alkyl halides is 3. The highest BCUT2D eigenvalue weighted by Crippen LogP contribution is 2.43. The standard InChI is InChI=1S/C31H36F4N4O2S/c1-37-26-20-22(5-12-27(26)42-28(30(37)41)19-21-3-6-23(7-4-21)31(33,34)35)29(40)36-13-2-14-38-15-17-39(18-16-38)25-10-8-24(32)9-11-25/h3-4,6-11,19,22,26-27H,2,5,12-18,20H2,1H3,(H,36,40)/b28-19-. The van der Waals surface area contributed by atoms with E-state index in [9.17, 15) is 27.2 Å². The molecule has 226 valence electrons. The third-order valence-electron chi connectivity index (χ3n) is 8.48. The molecule has 2 saturated heterocycles. The second kappa shape index (κ2) is 13.1. The van der Waals surface area contributed by atoms with Gasteiger partial charge in [-0.25, -0.2) is 4.39 Å². The molecular weight excluding hydrogens is 568 g/mol. The first kappa shape index (κ1) is 30.4. The van der Waals surface area contributed by atoms with E-state index in [1.807, 2.05) is 12.1 Å². The normalized spacial score (nSPS) is 24.5. The first-order valence-electron chi connectivity index (χ1n) is 14.4. The summed E-state index contributed by atoms with van der Waals surface area (Å²) in [6, 6.07) is 11.3. The molecular formula is C31H36F4N4O2S. The Kier molecular flexibility index (Phi) is 9.47. The van der Waals surface area contributed by atoms with Crippen LogP contribution in [0.3, 0.4) is 0 Å². The summed E-state index contributed by atoms with van der Waals surface area (Å²) in [7, 11) is 1.75. The lowest BCUT2D eigenvalue weighted by Gasteiger charge is -2.44. The number of hydrogen-bond acceptors (Lipinski definition) is 5. The molecule has 11 heteroatoms. The summed E-state index contributed by atoms with van der Waals surface area (Å²) in [5, 5.41) is 3.24. The van der Waals surface area contributed by atoms with Gasteiger partial charge in [0.05, 0.1) is 10.5 Å². The predicted molar refractivity (Wildman–Crippen MR) is 157 cm³/mol. The van der Waals surface area contributed by atoms with Crippen molar-refractivity contribution in [2.24, 2.45) is 5.92 Å². The Morgan fingerprint density at radius 3 is 2.38 bits per heavy atom. The van der Waals surface area contributed by atoms with E-state index in [0.29, 0.717) is 23.4 Å². The SMILES string of the molecule is CN1C(=O)/C(=C/c2ccc(C(F)(F)F)cc2)SC2CCC(C(=O)NCCCN3CCN(c4ccc(F)cc4)CC3)CC21. The highest BCUT2D eigenvalue weighted by Gasteiger charge is 2.42. The van der Waals surface area contributed by atoms with Gasteiger partial charge in [0.1, 0.15) is 5.82 Å². The molecule has 3 atom stereocenters. The third kappa shape index (κ3) is 7.29. The first-order valence-corrected chi connectivity index (χ1v) is 15.3. The number of carbonyl (C=O) groups excluding carboxylic acids is 2. The van der Waals surface area contributed by atoms with Crippen molar-refractivity contribution < 1.29 is 27.2 Å². The number of rotatable bonds is 7. The number of piperazine rings is 1. The molecule has 2 heterocycles. The van der Waals surface area contributed by atoms with Crippen LogP contribution in [0.15, 0.2) is 53.4 Å². The van der Waals surface area contributed by atoms with E-state index in [1.165, 1.54) is 36.0 Å². The molecule has 5 rings (SSSR count). The first-order chi connectivity index (χ1) is 20.1. The van der Waals surface area contributed by atoms with Crippen molar-refractivity contribution in [2.75, 3.05) is 51.2 Å². The lowest BCUT2D eigenvalue weighted by molar-refractivity contribution is -0.137. The molecule has 3 fully saturated rings. The van der Waals surface area contributed by atoms with Crippen LogP contribution in [0.5, 0.6) is 0 Å². The zero-order chi connectivity index (χ0) is 29.9. The van der Waals surface area contributed by atoms with Crippen LogP contribution in [-0.4, -0.2) is 79.2 Å². The zero-order valence-corrected chi connectivity index (χ0v) is 24.4. The van der Waals surface area contributed by atoms with E-state index in [0.717, 1.165) is 69.8 Å². The Morgan fingerprint density at radius 1 is 1.02 bits per heavy atom. The van der Waals surface area contributed by atoms with Gasteiger partial charge in [0, 0.05) is 62.7 Å². The fourth-order valence-corrected chi connectivity index (χ4v) is 7.48. The average Bonchev–Trinajstić information content (AvgIpc) is 2.98. The maximum absolute atomic E-state index is 13.2. The van der Waals surface area contributed by atoms with E-state index in [4.69, 9.17) is 0 Å². The number of nitrogens with zero attached hydrogens (tertiary/aromatic N) is 3. The predicted octanol–water partition coefficient (Wildman–Crippen LogP) is 5.26. The summed E-state index contributed by atoms with van der Waals surface area (Å²) in [5.41, 5.74) is 0.865. The van der Waals surface area contributed by atoms with Gasteiger partial charge >= 0.3 is 6.18 Å². The van der Waals surface area contributed by atoms with Crippen molar-refractivity contribution in [3.05, 3.63) is 70.4 Å². The fraction of sp³-hybridized carbons (Fsp3) is 0.484. The van der Waals surface area contributed by atoms with E-state index in [2.05, 4.69) is 15.1 Å². The van der Waals surface area contributed by atoms with Crippen LogP contribution in [0, 0.1) is 11.7 Å². The van der Waals surface area contributed by atoms with Gasteiger partial charge in [-0.1, -0.05) is 12.1 Å². The molecule has 2 aromatic carbocycles. The molecule has 0 spiro atoms. The van der Waals surface area contributed by atoms with Crippen molar-refractivity contribution >= 4 is 35.3 Å². The van der Waals surface area contributed by atoms with Crippen molar-refractivity contribution in [2.45, 2.75) is 43.2 Å². The molecule has 1 saturated carbocycles. The Labute approximate surface area is 248 Å². The number of halogens is 4. The molecule has 3 unspecified atom stereocenters. The van der Waals surface area contributed by atoms with E-state index < -0.39 is 11.7 Å². The van der Waals surface area contributed by atoms with Gasteiger partial charge in [0.15, 0.2) is 0 Å². The number of amides is 2. The maximum atomic E-state index is 13.2. The minimum absolute atomic E-state index is 0.0338. The summed E-state index contributed by atoms with van der Waals surface area (Å²) >= 11 is 1.47. The lowest BCUT2D eigenvalue weighted by atomic mass is 9.83. The molecule has 1 N–H and O–H groups in total. The van der Waals surface area contributed by atoms with Crippen molar-refractivity contribution in [3.8, 4) is 0 Å². The smallest absolute Gasteiger partial charge is 0.369 e. The topological polar surface area (TPSA) is 55.9 Å². The summed E-state index contributed by atoms with van der Waals surface area (Å²) in [5.74, 6) is -0.512. The van der Waals surface area contributed by atoms with Crippen molar-refractivity contribution in [1.29, 1.82) is 0 Å². The monoisotopic (exact) mass is 604 g/mol. The number of nitrogens with one attached hydrogen (secondary N) is 1. The van der Waals surface area contributed by atoms with Crippen LogP contribution in [0.1, 0.15) is 36.8 Å². The zero-order valence-electron chi connectivity index (χ0n) is 23.6. The molecule has 0 aromatic heterocycles. The molecule has 2 amide bonds. The Bertz CT molecular complexity index is 1280. The quantitative estimate of drug-likeness (QED) is 0.266. The van der Waals surface area contributed by atoms with E-state index in [-0.39, 0.29) is 34.8 Å². The molecule has 6 nitrogen and oxygen atoms in total. The number of likely N-dealkylation sites (N-methyl/N-ethyl adjacent to an activating group) is 1. The Balaban J connectivity index is 1.05. The van der Waals surface area contributed by atoms with Gasteiger partial charge in [-0.15, -0.1) is 11.8 Å². The maximum Gasteiger partial charge on any atom is 0.416 e. The van der Waals surface area contributed by atoms with Gasteiger partial charge in [-0.2, -0.15) is 13.2 Å². The highest BCUT2D eigenvalue weighted by molar-refractivity contribution is 8.04. The van der Waals surface area contributed by atoms with Gasteiger partial charge in [0.25, 0.3) is 5.91 Å². The fourth-order valence-electron chi connectivity index (χ4n) is 6.00. The number of thioether (sulfide) groups is 1. The molecule has 3 aliphatic rings. The number of benzene rings is 2. The largest absolute Gasteiger partial charge is 0.416 e. The average molecular weight is 605 g/mol. The summed E-state index contributed by atoms with van der Waals surface area (Å²) in [6.07, 6.45) is 0.233. The number of fused-ring (bicyclic) bond motifs is 1. The van der Waals surface area contributed by atoms with Gasteiger partial charge in [-0.05, 0) is 80.3 Å². The van der Waals surface area contributed by atoms with Crippen LogP contribution < -0.4 is 10.2 Å². The van der Waals surface area contributed by atoms with Crippen LogP contribution in [0.25, 0.3) is 6.08 Å². The molecule has 0 radical (unpaired) electrons. The van der Waals surface area contributed by atoms with Gasteiger partial charge < -0.3 is 15.1 Å². The number of carbonyl (C=O) groups is 2. The highest BCUT2D eigenvalue weighted by atomic mass is 32.2. The second-order valence-electron chi connectivity index (χ2n) is 11.2. The summed E-state index contributed by atoms with van der Waals surface area (Å²) in [6.45, 7) is 5.11. The van der Waals surface area contributed by atoms with Crippen molar-refractivity contribution in [1.82, 2.24) is 15.1 Å². The van der Waals surface area contributed by atoms with E-state index in [1.54, 1.807) is 18.0 Å². The number of hydrogen-bond donors (Lipinski definition) is 1. The van der Waals surface area contributed by atoms with Gasteiger partial charge in [0.2, 0.25) is 5.91 Å². The third-order valence-corrected chi connectivity index (χ3v) is 9.88. The Morgan fingerprint density at radius 2 is 1.71 bits per heavy atom. The molecule has 2 aromatic rings. The molecule has 42 heavy (non-hydrogen) atoms. The minimum Gasteiger partial charge on any atom is -0.369 e. The van der Waals surface area contributed by atoms with Gasteiger partial charge in [-0.3, -0.25) is 14.5 Å². The van der Waals surface area contributed by atoms with Crippen molar-refractivity contribution in [3.63, 3.8) is 0 Å². The second-order valence-corrected chi connectivity index (χ2v) is 12.5. The van der Waals surface area contributed by atoms with Crippen LogP contribution in [0.4, 0.5) is 23.2 Å². The minimum atomic E-state index is -4.40. The van der Waals surface area contributed by atoms with Crippen LogP contribution in [0.2, 0.25) is 0 Å². The van der Waals surface area contributed by atoms with E-state index >= 15 is 0 Å². The van der Waals surface area contributed by atoms with Crippen LogP contribution >= 0.6 is 11.8 Å².